The van der Waals surface area contributed by atoms with Gasteiger partial charge in [-0.3, -0.25) is 0 Å². The number of rotatable bonds is 2. The Bertz CT molecular complexity index is 650. The van der Waals surface area contributed by atoms with Crippen LogP contribution >= 0.6 is 0 Å². The van der Waals surface area contributed by atoms with Gasteiger partial charge < -0.3 is 5.73 Å². The first-order valence-corrected chi connectivity index (χ1v) is 7.08. The van der Waals surface area contributed by atoms with Gasteiger partial charge in [0, 0.05) is 5.69 Å². The second-order valence-corrected chi connectivity index (χ2v) is 5.99. The standard InChI is InChI=1S/C18H20F3N/c1-11-5-6-14(9-12(11)2)17(4,18(19,20)21)15-7-8-16(22)13(3)10-15/h5-10H,22H2,1-4H3. The molecule has 0 bridgehead atoms. The molecule has 2 aromatic carbocycles. The highest BCUT2D eigenvalue weighted by molar-refractivity contribution is 5.52. The lowest BCUT2D eigenvalue weighted by Crippen LogP contribution is -2.40. The van der Waals surface area contributed by atoms with Crippen molar-refractivity contribution >= 4 is 5.69 Å². The molecule has 0 saturated heterocycles. The minimum atomic E-state index is -4.41. The lowest BCUT2D eigenvalue weighted by molar-refractivity contribution is -0.173. The highest BCUT2D eigenvalue weighted by Crippen LogP contribution is 2.46. The van der Waals surface area contributed by atoms with Gasteiger partial charge in [0.25, 0.3) is 0 Å². The Labute approximate surface area is 129 Å². The summed E-state index contributed by atoms with van der Waals surface area (Å²) >= 11 is 0. The molecule has 118 valence electrons. The fourth-order valence-corrected chi connectivity index (χ4v) is 2.53. The van der Waals surface area contributed by atoms with Gasteiger partial charge in [0.15, 0.2) is 0 Å². The summed E-state index contributed by atoms with van der Waals surface area (Å²) in [6.45, 7) is 6.65. The SMILES string of the molecule is Cc1ccc(C(C)(c2ccc(N)c(C)c2)C(F)(F)F)cc1C. The number of nitrogen functional groups attached to an aromatic ring is 1. The number of hydrogen-bond donors (Lipinski definition) is 1. The molecule has 2 N–H and O–H groups in total. The number of halogens is 3. The molecule has 22 heavy (non-hydrogen) atoms. The average molecular weight is 307 g/mol. The highest BCUT2D eigenvalue weighted by atomic mass is 19.4. The number of nitrogens with two attached hydrogens (primary N) is 1. The third kappa shape index (κ3) is 2.58. The van der Waals surface area contributed by atoms with Crippen molar-refractivity contribution in [2.75, 3.05) is 5.73 Å². The molecule has 0 aliphatic carbocycles. The number of anilines is 1. The van der Waals surface area contributed by atoms with Crippen LogP contribution in [0.4, 0.5) is 18.9 Å². The predicted molar refractivity (Wildman–Crippen MR) is 84.0 cm³/mol. The van der Waals surface area contributed by atoms with Crippen LogP contribution < -0.4 is 5.73 Å². The van der Waals surface area contributed by atoms with Crippen molar-refractivity contribution in [3.8, 4) is 0 Å². The zero-order chi connectivity index (χ0) is 16.7. The summed E-state index contributed by atoms with van der Waals surface area (Å²) in [4.78, 5) is 0. The third-order valence-electron chi connectivity index (χ3n) is 4.50. The van der Waals surface area contributed by atoms with Crippen LogP contribution in [0.15, 0.2) is 36.4 Å². The van der Waals surface area contributed by atoms with Crippen molar-refractivity contribution in [3.63, 3.8) is 0 Å². The van der Waals surface area contributed by atoms with Gasteiger partial charge in [-0.1, -0.05) is 30.3 Å². The van der Waals surface area contributed by atoms with E-state index >= 15 is 0 Å². The van der Waals surface area contributed by atoms with Gasteiger partial charge in [-0.2, -0.15) is 13.2 Å². The predicted octanol–water partition coefficient (Wildman–Crippen LogP) is 5.06. The fraction of sp³-hybridized carbons (Fsp3) is 0.333. The summed E-state index contributed by atoms with van der Waals surface area (Å²) in [5, 5.41) is 0. The molecule has 1 atom stereocenters. The largest absolute Gasteiger partial charge is 0.402 e. The van der Waals surface area contributed by atoms with E-state index < -0.39 is 11.6 Å². The van der Waals surface area contributed by atoms with E-state index in [1.54, 1.807) is 25.1 Å². The van der Waals surface area contributed by atoms with Crippen molar-refractivity contribution in [2.45, 2.75) is 39.3 Å². The van der Waals surface area contributed by atoms with E-state index in [0.29, 0.717) is 11.3 Å². The van der Waals surface area contributed by atoms with Crippen LogP contribution in [0.25, 0.3) is 0 Å². The molecular formula is C18H20F3N. The molecule has 0 radical (unpaired) electrons. The van der Waals surface area contributed by atoms with Crippen LogP contribution in [0.1, 0.15) is 34.7 Å². The highest BCUT2D eigenvalue weighted by Gasteiger charge is 2.53. The Morgan fingerprint density at radius 3 is 1.73 bits per heavy atom. The van der Waals surface area contributed by atoms with Crippen molar-refractivity contribution in [2.24, 2.45) is 0 Å². The van der Waals surface area contributed by atoms with E-state index in [0.717, 1.165) is 11.1 Å². The molecular weight excluding hydrogens is 287 g/mol. The minimum Gasteiger partial charge on any atom is -0.399 e. The molecule has 0 heterocycles. The first-order chi connectivity index (χ1) is 10.1. The molecule has 0 aromatic heterocycles. The second-order valence-electron chi connectivity index (χ2n) is 5.99. The normalized spacial score (nSPS) is 14.7. The smallest absolute Gasteiger partial charge is 0.399 e. The van der Waals surface area contributed by atoms with E-state index in [4.69, 9.17) is 5.73 Å². The number of alkyl halides is 3. The Hall–Kier alpha value is -1.97. The van der Waals surface area contributed by atoms with Gasteiger partial charge in [0.05, 0.1) is 0 Å². The maximum Gasteiger partial charge on any atom is 0.402 e. The van der Waals surface area contributed by atoms with E-state index in [-0.39, 0.29) is 11.1 Å². The summed E-state index contributed by atoms with van der Waals surface area (Å²) in [5.41, 5.74) is 7.09. The van der Waals surface area contributed by atoms with Gasteiger partial charge in [-0.15, -0.1) is 0 Å². The summed E-state index contributed by atoms with van der Waals surface area (Å²) in [5.74, 6) is 0. The fourth-order valence-electron chi connectivity index (χ4n) is 2.53. The lowest BCUT2D eigenvalue weighted by Gasteiger charge is -2.34. The monoisotopic (exact) mass is 307 g/mol. The van der Waals surface area contributed by atoms with Crippen molar-refractivity contribution < 1.29 is 13.2 Å². The topological polar surface area (TPSA) is 26.0 Å². The molecule has 1 nitrogen and oxygen atoms in total. The van der Waals surface area contributed by atoms with Crippen LogP contribution in [0, 0.1) is 20.8 Å². The minimum absolute atomic E-state index is 0.204. The maximum absolute atomic E-state index is 13.9. The van der Waals surface area contributed by atoms with Crippen LogP contribution in [-0.2, 0) is 5.41 Å². The zero-order valence-corrected chi connectivity index (χ0v) is 13.2. The number of benzene rings is 2. The van der Waals surface area contributed by atoms with Crippen LogP contribution in [0.3, 0.4) is 0 Å². The Morgan fingerprint density at radius 2 is 1.27 bits per heavy atom. The van der Waals surface area contributed by atoms with Gasteiger partial charge in [0.1, 0.15) is 5.41 Å². The molecule has 0 amide bonds. The summed E-state index contributed by atoms with van der Waals surface area (Å²) < 4.78 is 41.7. The molecule has 2 aromatic rings. The van der Waals surface area contributed by atoms with Crippen molar-refractivity contribution in [3.05, 3.63) is 64.2 Å². The zero-order valence-electron chi connectivity index (χ0n) is 13.2. The Kier molecular flexibility index (Phi) is 3.98. The van der Waals surface area contributed by atoms with Gasteiger partial charge in [-0.05, 0) is 61.6 Å². The summed E-state index contributed by atoms with van der Waals surface area (Å²) in [7, 11) is 0. The number of aryl methyl sites for hydroxylation is 3. The Morgan fingerprint density at radius 1 is 0.773 bits per heavy atom. The van der Waals surface area contributed by atoms with Gasteiger partial charge in [-0.25, -0.2) is 0 Å². The average Bonchev–Trinajstić information content (AvgIpc) is 2.42. The van der Waals surface area contributed by atoms with Crippen LogP contribution in [0.2, 0.25) is 0 Å². The number of hydrogen-bond acceptors (Lipinski definition) is 1. The van der Waals surface area contributed by atoms with E-state index in [1.165, 1.54) is 25.1 Å². The summed E-state index contributed by atoms with van der Waals surface area (Å²) in [6.07, 6.45) is -4.41. The van der Waals surface area contributed by atoms with E-state index in [1.807, 2.05) is 13.8 Å². The third-order valence-corrected chi connectivity index (χ3v) is 4.50. The van der Waals surface area contributed by atoms with Gasteiger partial charge in [0.2, 0.25) is 0 Å². The molecule has 1 unspecified atom stereocenters. The van der Waals surface area contributed by atoms with Crippen molar-refractivity contribution in [1.82, 2.24) is 0 Å². The summed E-state index contributed by atoms with van der Waals surface area (Å²) in [6, 6.07) is 9.44. The molecule has 2 rings (SSSR count). The molecule has 0 aliphatic heterocycles. The Balaban J connectivity index is 2.72. The molecule has 0 fully saturated rings. The quantitative estimate of drug-likeness (QED) is 0.771. The molecule has 0 aliphatic rings. The van der Waals surface area contributed by atoms with E-state index in [2.05, 4.69) is 0 Å². The van der Waals surface area contributed by atoms with Crippen LogP contribution in [0.5, 0.6) is 0 Å². The van der Waals surface area contributed by atoms with Crippen molar-refractivity contribution in [1.29, 1.82) is 0 Å². The van der Waals surface area contributed by atoms with E-state index in [9.17, 15) is 13.2 Å². The maximum atomic E-state index is 13.9. The first kappa shape index (κ1) is 16.4. The molecule has 0 saturated carbocycles. The molecule has 4 heteroatoms. The van der Waals surface area contributed by atoms with Gasteiger partial charge >= 0.3 is 6.18 Å². The van der Waals surface area contributed by atoms with Crippen LogP contribution in [-0.4, -0.2) is 6.18 Å². The molecule has 0 spiro atoms. The second kappa shape index (κ2) is 5.34. The first-order valence-electron chi connectivity index (χ1n) is 7.08. The lowest BCUT2D eigenvalue weighted by atomic mass is 9.74.